The first-order valence-corrected chi connectivity index (χ1v) is 10.5. The van der Waals surface area contributed by atoms with Crippen LogP contribution >= 0.6 is 23.1 Å². The largest absolute Gasteiger partial charge is 0.312 e. The van der Waals surface area contributed by atoms with Crippen LogP contribution in [0.4, 0.5) is 5.69 Å². The molecule has 2 aromatic heterocycles. The normalized spacial score (nSPS) is 10.9. The van der Waals surface area contributed by atoms with E-state index in [2.05, 4.69) is 21.7 Å². The van der Waals surface area contributed by atoms with Crippen molar-refractivity contribution in [2.45, 2.75) is 32.5 Å². The highest BCUT2D eigenvalue weighted by molar-refractivity contribution is 7.99. The summed E-state index contributed by atoms with van der Waals surface area (Å²) in [6, 6.07) is 12.0. The van der Waals surface area contributed by atoms with Gasteiger partial charge in [-0.05, 0) is 43.8 Å². The maximum Gasteiger partial charge on any atom is 0.237 e. The van der Waals surface area contributed by atoms with Crippen LogP contribution in [0.5, 0.6) is 0 Å². The summed E-state index contributed by atoms with van der Waals surface area (Å²) in [4.78, 5) is 15.7. The third kappa shape index (κ3) is 3.83. The van der Waals surface area contributed by atoms with Crippen molar-refractivity contribution in [2.75, 3.05) is 17.2 Å². The fourth-order valence-electron chi connectivity index (χ4n) is 2.82. The molecule has 1 amide bonds. The minimum atomic E-state index is 0.0788. The Hall–Kier alpha value is -2.12. The smallest absolute Gasteiger partial charge is 0.237 e. The van der Waals surface area contributed by atoms with Gasteiger partial charge in [0, 0.05) is 18.8 Å². The Balaban J connectivity index is 1.74. The lowest BCUT2D eigenvalue weighted by atomic mass is 10.2. The fraction of sp³-hybridized carbons (Fsp3) is 0.316. The Morgan fingerprint density at radius 3 is 2.65 bits per heavy atom. The van der Waals surface area contributed by atoms with Crippen LogP contribution in [0.25, 0.3) is 10.7 Å². The van der Waals surface area contributed by atoms with E-state index in [1.807, 2.05) is 60.5 Å². The van der Waals surface area contributed by atoms with Gasteiger partial charge in [-0.15, -0.1) is 21.5 Å². The molecule has 0 saturated carbocycles. The van der Waals surface area contributed by atoms with Crippen molar-refractivity contribution in [3.63, 3.8) is 0 Å². The Morgan fingerprint density at radius 2 is 2.00 bits per heavy atom. The zero-order chi connectivity index (χ0) is 18.5. The van der Waals surface area contributed by atoms with Crippen LogP contribution in [-0.4, -0.2) is 33.0 Å². The third-order valence-electron chi connectivity index (χ3n) is 4.12. The molecule has 2 heterocycles. The molecule has 0 aliphatic heterocycles. The van der Waals surface area contributed by atoms with Gasteiger partial charge in [0.05, 0.1) is 10.6 Å². The molecule has 0 unspecified atom stereocenters. The lowest BCUT2D eigenvalue weighted by Crippen LogP contribution is -2.32. The lowest BCUT2D eigenvalue weighted by molar-refractivity contribution is -0.116. The minimum Gasteiger partial charge on any atom is -0.312 e. The van der Waals surface area contributed by atoms with Gasteiger partial charge in [0.1, 0.15) is 0 Å². The van der Waals surface area contributed by atoms with E-state index in [0.717, 1.165) is 33.7 Å². The van der Waals surface area contributed by atoms with E-state index in [-0.39, 0.29) is 5.91 Å². The van der Waals surface area contributed by atoms with Gasteiger partial charge < -0.3 is 9.47 Å². The predicted molar refractivity (Wildman–Crippen MR) is 109 cm³/mol. The molecule has 0 atom stereocenters. The predicted octanol–water partition coefficient (Wildman–Crippen LogP) is 4.48. The molecule has 0 radical (unpaired) electrons. The molecule has 7 heteroatoms. The molecule has 0 fully saturated rings. The number of carbonyl (C=O) groups is 1. The Bertz CT molecular complexity index is 874. The van der Waals surface area contributed by atoms with Crippen LogP contribution < -0.4 is 4.90 Å². The number of hydrogen-bond acceptors (Lipinski definition) is 5. The molecule has 5 nitrogen and oxygen atoms in total. The second kappa shape index (κ2) is 8.51. The number of thioether (sulfide) groups is 1. The Kier molecular flexibility index (Phi) is 6.11. The van der Waals surface area contributed by atoms with Crippen LogP contribution in [0.2, 0.25) is 0 Å². The molecule has 0 saturated heterocycles. The van der Waals surface area contributed by atoms with Crippen LogP contribution in [0.15, 0.2) is 46.9 Å². The number of para-hydroxylation sites is 1. The summed E-state index contributed by atoms with van der Waals surface area (Å²) in [5.41, 5.74) is 2.07. The van der Waals surface area contributed by atoms with Gasteiger partial charge in [0.2, 0.25) is 5.91 Å². The van der Waals surface area contributed by atoms with Crippen molar-refractivity contribution < 1.29 is 4.79 Å². The van der Waals surface area contributed by atoms with Crippen molar-refractivity contribution in [3.8, 4) is 10.7 Å². The fourth-order valence-corrected chi connectivity index (χ4v) is 4.42. The van der Waals surface area contributed by atoms with Crippen molar-refractivity contribution >= 4 is 34.7 Å². The Labute approximate surface area is 162 Å². The van der Waals surface area contributed by atoms with E-state index in [0.29, 0.717) is 12.3 Å². The molecular formula is C19H22N4OS2. The SMILES string of the molecule is CCN(C(=O)CSc1nnc(-c2cccs2)n1CC)c1ccccc1C. The molecule has 3 aromatic rings. The van der Waals surface area contributed by atoms with Crippen LogP contribution in [0, 0.1) is 6.92 Å². The summed E-state index contributed by atoms with van der Waals surface area (Å²) < 4.78 is 2.06. The molecule has 0 bridgehead atoms. The van der Waals surface area contributed by atoms with Gasteiger partial charge in [0.15, 0.2) is 11.0 Å². The summed E-state index contributed by atoms with van der Waals surface area (Å²) in [5, 5.41) is 11.4. The number of carbonyl (C=O) groups excluding carboxylic acids is 1. The summed E-state index contributed by atoms with van der Waals surface area (Å²) in [5.74, 6) is 1.28. The first-order chi connectivity index (χ1) is 12.7. The molecule has 136 valence electrons. The van der Waals surface area contributed by atoms with Gasteiger partial charge in [-0.2, -0.15) is 0 Å². The second-order valence-corrected chi connectivity index (χ2v) is 7.63. The highest BCUT2D eigenvalue weighted by atomic mass is 32.2. The van der Waals surface area contributed by atoms with Crippen LogP contribution in [0.3, 0.4) is 0 Å². The minimum absolute atomic E-state index is 0.0788. The summed E-state index contributed by atoms with van der Waals surface area (Å²) in [7, 11) is 0. The number of amides is 1. The average Bonchev–Trinajstić information content (AvgIpc) is 3.31. The maximum absolute atomic E-state index is 12.8. The number of hydrogen-bond donors (Lipinski definition) is 0. The van der Waals surface area contributed by atoms with E-state index in [1.54, 1.807) is 11.3 Å². The first-order valence-electron chi connectivity index (χ1n) is 8.61. The molecule has 0 spiro atoms. The molecule has 0 aliphatic rings. The van der Waals surface area contributed by atoms with Crippen molar-refractivity contribution in [1.29, 1.82) is 0 Å². The highest BCUT2D eigenvalue weighted by Crippen LogP contribution is 2.28. The second-order valence-electron chi connectivity index (χ2n) is 5.74. The number of benzene rings is 1. The first kappa shape index (κ1) is 18.7. The molecule has 0 aliphatic carbocycles. The molecule has 3 rings (SSSR count). The van der Waals surface area contributed by atoms with E-state index >= 15 is 0 Å². The van der Waals surface area contributed by atoms with Gasteiger partial charge in [0.25, 0.3) is 0 Å². The van der Waals surface area contributed by atoms with Gasteiger partial charge in [-0.1, -0.05) is 36.0 Å². The summed E-state index contributed by atoms with van der Waals surface area (Å²) in [6.45, 7) is 7.51. The summed E-state index contributed by atoms with van der Waals surface area (Å²) in [6.07, 6.45) is 0. The molecule has 26 heavy (non-hydrogen) atoms. The monoisotopic (exact) mass is 386 g/mol. The van der Waals surface area contributed by atoms with Crippen molar-refractivity contribution in [2.24, 2.45) is 0 Å². The van der Waals surface area contributed by atoms with Crippen molar-refractivity contribution in [3.05, 3.63) is 47.3 Å². The van der Waals surface area contributed by atoms with Crippen LogP contribution in [-0.2, 0) is 11.3 Å². The zero-order valence-corrected chi connectivity index (χ0v) is 16.8. The van der Waals surface area contributed by atoms with Gasteiger partial charge >= 0.3 is 0 Å². The highest BCUT2D eigenvalue weighted by Gasteiger charge is 2.19. The van der Waals surface area contributed by atoms with E-state index < -0.39 is 0 Å². The number of thiophene rings is 1. The quantitative estimate of drug-likeness (QED) is 0.562. The standard InChI is InChI=1S/C19H22N4OS2/c1-4-22(15-10-7-6-9-14(15)3)17(24)13-26-19-21-20-18(23(19)5-2)16-11-8-12-25-16/h6-12H,4-5,13H2,1-3H3. The topological polar surface area (TPSA) is 51.0 Å². The molecular weight excluding hydrogens is 364 g/mol. The van der Waals surface area contributed by atoms with E-state index in [4.69, 9.17) is 0 Å². The lowest BCUT2D eigenvalue weighted by Gasteiger charge is -2.22. The number of anilines is 1. The third-order valence-corrected chi connectivity index (χ3v) is 5.94. The van der Waals surface area contributed by atoms with E-state index in [1.165, 1.54) is 11.8 Å². The van der Waals surface area contributed by atoms with E-state index in [9.17, 15) is 4.79 Å². The number of nitrogens with zero attached hydrogens (tertiary/aromatic N) is 4. The number of rotatable bonds is 7. The van der Waals surface area contributed by atoms with Gasteiger partial charge in [-0.25, -0.2) is 0 Å². The van der Waals surface area contributed by atoms with Crippen LogP contribution in [0.1, 0.15) is 19.4 Å². The summed E-state index contributed by atoms with van der Waals surface area (Å²) >= 11 is 3.09. The maximum atomic E-state index is 12.8. The Morgan fingerprint density at radius 1 is 1.19 bits per heavy atom. The van der Waals surface area contributed by atoms with Crippen molar-refractivity contribution in [1.82, 2.24) is 14.8 Å². The number of aryl methyl sites for hydroxylation is 1. The van der Waals surface area contributed by atoms with Gasteiger partial charge in [-0.3, -0.25) is 4.79 Å². The average molecular weight is 387 g/mol. The molecule has 1 aromatic carbocycles. The zero-order valence-electron chi connectivity index (χ0n) is 15.2. The molecule has 0 N–H and O–H groups in total. The number of aromatic nitrogens is 3.